The third-order valence-electron chi connectivity index (χ3n) is 3.45. The van der Waals surface area contributed by atoms with Gasteiger partial charge in [0.2, 0.25) is 10.0 Å². The minimum Gasteiger partial charge on any atom is -0.508 e. The number of aromatic hydroxyl groups is 1. The minimum atomic E-state index is -3.71. The Bertz CT molecular complexity index is 846. The van der Waals surface area contributed by atoms with E-state index in [2.05, 4.69) is 4.72 Å². The number of carbonyl (C=O) groups is 1. The lowest BCUT2D eigenvalue weighted by atomic mass is 10.1. The highest BCUT2D eigenvalue weighted by atomic mass is 32.2. The van der Waals surface area contributed by atoms with Gasteiger partial charge >= 0.3 is 5.97 Å². The molecule has 2 rings (SSSR count). The predicted molar refractivity (Wildman–Crippen MR) is 91.3 cm³/mol. The highest BCUT2D eigenvalue weighted by molar-refractivity contribution is 7.89. The van der Waals surface area contributed by atoms with Crippen molar-refractivity contribution in [3.8, 4) is 11.5 Å². The fourth-order valence-electron chi connectivity index (χ4n) is 2.18. The molecular formula is C17H19NO6S. The number of rotatable bonds is 8. The van der Waals surface area contributed by atoms with Crippen molar-refractivity contribution in [2.45, 2.75) is 18.2 Å². The van der Waals surface area contributed by atoms with Crippen LogP contribution in [0.15, 0.2) is 47.4 Å². The van der Waals surface area contributed by atoms with E-state index in [9.17, 15) is 18.3 Å². The molecule has 0 atom stereocenters. The van der Waals surface area contributed by atoms with E-state index in [0.717, 1.165) is 5.56 Å². The first-order valence-corrected chi connectivity index (χ1v) is 8.99. The second-order valence-corrected chi connectivity index (χ2v) is 7.16. The van der Waals surface area contributed by atoms with Gasteiger partial charge in [0, 0.05) is 12.6 Å². The molecule has 2 aromatic rings. The van der Waals surface area contributed by atoms with Crippen molar-refractivity contribution in [3.63, 3.8) is 0 Å². The molecule has 0 aliphatic heterocycles. The zero-order valence-electron chi connectivity index (χ0n) is 13.6. The van der Waals surface area contributed by atoms with Crippen LogP contribution in [-0.4, -0.2) is 37.8 Å². The predicted octanol–water partition coefficient (Wildman–Crippen LogP) is 1.69. The first kappa shape index (κ1) is 18.8. The number of aryl methyl sites for hydroxylation is 1. The number of hydrogen-bond donors (Lipinski definition) is 3. The van der Waals surface area contributed by atoms with Gasteiger partial charge in [-0.15, -0.1) is 0 Å². The molecular weight excluding hydrogens is 346 g/mol. The molecule has 0 radical (unpaired) electrons. The number of nitrogens with one attached hydrogen (secondary N) is 1. The number of sulfonamides is 1. The van der Waals surface area contributed by atoms with Crippen LogP contribution in [0.2, 0.25) is 0 Å². The number of benzene rings is 2. The summed E-state index contributed by atoms with van der Waals surface area (Å²) in [5.41, 5.74) is 1.42. The van der Waals surface area contributed by atoms with Crippen LogP contribution in [-0.2, 0) is 21.2 Å². The molecule has 2 aromatic carbocycles. The highest BCUT2D eigenvalue weighted by Gasteiger charge is 2.16. The molecule has 0 spiro atoms. The molecule has 7 nitrogen and oxygen atoms in total. The summed E-state index contributed by atoms with van der Waals surface area (Å²) in [6.45, 7) is 1.43. The van der Waals surface area contributed by atoms with E-state index in [1.165, 1.54) is 12.1 Å². The number of ether oxygens (including phenoxy) is 1. The summed E-state index contributed by atoms with van der Waals surface area (Å²) in [4.78, 5) is 10.5. The third kappa shape index (κ3) is 5.47. The number of aliphatic carboxylic acids is 1. The van der Waals surface area contributed by atoms with Gasteiger partial charge in [-0.05, 0) is 42.7 Å². The van der Waals surface area contributed by atoms with Gasteiger partial charge in [-0.25, -0.2) is 17.9 Å². The van der Waals surface area contributed by atoms with Crippen molar-refractivity contribution < 1.29 is 28.2 Å². The van der Waals surface area contributed by atoms with E-state index in [-0.39, 0.29) is 17.2 Å². The van der Waals surface area contributed by atoms with E-state index in [1.54, 1.807) is 37.3 Å². The number of phenolic OH excluding ortho intramolecular Hbond substituents is 1. The third-order valence-corrected chi connectivity index (χ3v) is 5.06. The lowest BCUT2D eigenvalue weighted by Crippen LogP contribution is -2.26. The molecule has 0 saturated carbocycles. The Kier molecular flexibility index (Phi) is 6.00. The Morgan fingerprint density at radius 2 is 1.84 bits per heavy atom. The highest BCUT2D eigenvalue weighted by Crippen LogP contribution is 2.20. The molecule has 0 bridgehead atoms. The quantitative estimate of drug-likeness (QED) is 0.656. The SMILES string of the molecule is Cc1ccc(O)cc1S(=O)(=O)NCCc1ccc(OCC(=O)O)cc1. The first-order valence-electron chi connectivity index (χ1n) is 7.51. The number of hydrogen-bond acceptors (Lipinski definition) is 5. The maximum Gasteiger partial charge on any atom is 0.341 e. The van der Waals surface area contributed by atoms with Crippen molar-refractivity contribution in [2.75, 3.05) is 13.2 Å². The van der Waals surface area contributed by atoms with E-state index < -0.39 is 22.6 Å². The van der Waals surface area contributed by atoms with Crippen LogP contribution in [0, 0.1) is 6.92 Å². The monoisotopic (exact) mass is 365 g/mol. The molecule has 25 heavy (non-hydrogen) atoms. The molecule has 0 heterocycles. The molecule has 134 valence electrons. The lowest BCUT2D eigenvalue weighted by molar-refractivity contribution is -0.139. The van der Waals surface area contributed by atoms with Gasteiger partial charge in [0.05, 0.1) is 4.90 Å². The molecule has 0 saturated heterocycles. The van der Waals surface area contributed by atoms with Crippen LogP contribution in [0.1, 0.15) is 11.1 Å². The standard InChI is InChI=1S/C17H19NO6S/c1-12-2-5-14(19)10-16(12)25(22,23)18-9-8-13-3-6-15(7-4-13)24-11-17(20)21/h2-7,10,18-19H,8-9,11H2,1H3,(H,20,21). The summed E-state index contributed by atoms with van der Waals surface area (Å²) in [6, 6.07) is 10.9. The maximum absolute atomic E-state index is 12.3. The van der Waals surface area contributed by atoms with Crippen LogP contribution in [0.4, 0.5) is 0 Å². The fraction of sp³-hybridized carbons (Fsp3) is 0.235. The number of phenols is 1. The molecule has 0 aliphatic carbocycles. The molecule has 0 aliphatic rings. The topological polar surface area (TPSA) is 113 Å². The lowest BCUT2D eigenvalue weighted by Gasteiger charge is -2.10. The molecule has 3 N–H and O–H groups in total. The number of carboxylic acid groups (broad SMARTS) is 1. The van der Waals surface area contributed by atoms with E-state index in [0.29, 0.717) is 17.7 Å². The zero-order chi connectivity index (χ0) is 18.4. The van der Waals surface area contributed by atoms with Gasteiger partial charge in [0.1, 0.15) is 11.5 Å². The molecule has 0 fully saturated rings. The van der Waals surface area contributed by atoms with Crippen molar-refractivity contribution in [2.24, 2.45) is 0 Å². The van der Waals surface area contributed by atoms with Crippen LogP contribution in [0.25, 0.3) is 0 Å². The average molecular weight is 365 g/mol. The van der Waals surface area contributed by atoms with Gasteiger partial charge in [0.15, 0.2) is 6.61 Å². The molecule has 8 heteroatoms. The van der Waals surface area contributed by atoms with Crippen molar-refractivity contribution in [3.05, 3.63) is 53.6 Å². The summed E-state index contributed by atoms with van der Waals surface area (Å²) in [5.74, 6) is -0.731. The van der Waals surface area contributed by atoms with E-state index in [1.807, 2.05) is 0 Å². The second kappa shape index (κ2) is 8.00. The Morgan fingerprint density at radius 3 is 2.48 bits per heavy atom. The fourth-order valence-corrected chi connectivity index (χ4v) is 3.48. The Balaban J connectivity index is 1.93. The van der Waals surface area contributed by atoms with Gasteiger partial charge in [-0.3, -0.25) is 0 Å². The van der Waals surface area contributed by atoms with E-state index >= 15 is 0 Å². The maximum atomic E-state index is 12.3. The number of carboxylic acids is 1. The summed E-state index contributed by atoms with van der Waals surface area (Å²) < 4.78 is 32.1. The summed E-state index contributed by atoms with van der Waals surface area (Å²) in [6.07, 6.45) is 0.455. The Hall–Kier alpha value is -2.58. The second-order valence-electron chi connectivity index (χ2n) is 5.42. The van der Waals surface area contributed by atoms with Gasteiger partial charge in [-0.1, -0.05) is 18.2 Å². The average Bonchev–Trinajstić information content (AvgIpc) is 2.56. The molecule has 0 amide bonds. The van der Waals surface area contributed by atoms with Crippen molar-refractivity contribution in [1.29, 1.82) is 0 Å². The van der Waals surface area contributed by atoms with Crippen molar-refractivity contribution >= 4 is 16.0 Å². The van der Waals surface area contributed by atoms with Crippen LogP contribution in [0.5, 0.6) is 11.5 Å². The Morgan fingerprint density at radius 1 is 1.16 bits per heavy atom. The Labute approximate surface area is 145 Å². The van der Waals surface area contributed by atoms with Crippen LogP contribution < -0.4 is 9.46 Å². The zero-order valence-corrected chi connectivity index (χ0v) is 14.4. The molecule has 0 aromatic heterocycles. The minimum absolute atomic E-state index is 0.0462. The smallest absolute Gasteiger partial charge is 0.341 e. The van der Waals surface area contributed by atoms with Gasteiger partial charge in [0.25, 0.3) is 0 Å². The largest absolute Gasteiger partial charge is 0.508 e. The summed E-state index contributed by atoms with van der Waals surface area (Å²) >= 11 is 0. The normalized spacial score (nSPS) is 11.2. The van der Waals surface area contributed by atoms with Crippen molar-refractivity contribution in [1.82, 2.24) is 4.72 Å². The molecule has 0 unspecified atom stereocenters. The van der Waals surface area contributed by atoms with Gasteiger partial charge < -0.3 is 14.9 Å². The van der Waals surface area contributed by atoms with E-state index in [4.69, 9.17) is 9.84 Å². The summed E-state index contributed by atoms with van der Waals surface area (Å²) in [7, 11) is -3.71. The van der Waals surface area contributed by atoms with Crippen LogP contribution >= 0.6 is 0 Å². The van der Waals surface area contributed by atoms with Crippen LogP contribution in [0.3, 0.4) is 0 Å². The first-order chi connectivity index (χ1) is 11.8. The van der Waals surface area contributed by atoms with Gasteiger partial charge in [-0.2, -0.15) is 0 Å². The summed E-state index contributed by atoms with van der Waals surface area (Å²) in [5, 5.41) is 18.0.